The minimum atomic E-state index is -0.700. The zero-order valence-corrected chi connectivity index (χ0v) is 13.7. The molecule has 0 radical (unpaired) electrons. The zero-order valence-electron chi connectivity index (χ0n) is 13.7. The fourth-order valence-corrected chi connectivity index (χ4v) is 1.84. The van der Waals surface area contributed by atoms with Crippen LogP contribution in [0.3, 0.4) is 0 Å². The Morgan fingerprint density at radius 2 is 1.81 bits per heavy atom. The van der Waals surface area contributed by atoms with Gasteiger partial charge in [0.2, 0.25) is 0 Å². The second-order valence-electron chi connectivity index (χ2n) is 5.34. The lowest BCUT2D eigenvalue weighted by Crippen LogP contribution is -2.16. The summed E-state index contributed by atoms with van der Waals surface area (Å²) in [7, 11) is 0. The molecule has 0 saturated heterocycles. The van der Waals surface area contributed by atoms with E-state index in [1.807, 2.05) is 13.0 Å². The molecule has 0 aliphatic heterocycles. The number of hydrogen-bond acceptors (Lipinski definition) is 3. The van der Waals surface area contributed by atoms with E-state index in [0.717, 1.165) is 25.7 Å². The molecule has 3 nitrogen and oxygen atoms in total. The fraction of sp³-hybridized carbons (Fsp3) is 0.722. The maximum atomic E-state index is 11.3. The summed E-state index contributed by atoms with van der Waals surface area (Å²) >= 11 is 0. The average Bonchev–Trinajstić information content (AvgIpc) is 2.49. The Morgan fingerprint density at radius 3 is 2.52 bits per heavy atom. The Bertz CT molecular complexity index is 295. The second-order valence-corrected chi connectivity index (χ2v) is 5.34. The standard InChI is InChI=1S/C18H32O3/c1-3-5-7-8-9-10-11-12-13-14-17(19)16-21-18(20)15-6-4-2/h10-11,13-14,17,19H,3-9,12,15-16H2,1-2H3/t17-/m0/s1. The minimum absolute atomic E-state index is 0.0553. The van der Waals surface area contributed by atoms with Crippen LogP contribution in [0.25, 0.3) is 0 Å². The van der Waals surface area contributed by atoms with E-state index < -0.39 is 6.10 Å². The van der Waals surface area contributed by atoms with Gasteiger partial charge in [-0.2, -0.15) is 0 Å². The van der Waals surface area contributed by atoms with Gasteiger partial charge >= 0.3 is 5.97 Å². The molecule has 0 amide bonds. The van der Waals surface area contributed by atoms with Gasteiger partial charge in [-0.05, 0) is 25.7 Å². The van der Waals surface area contributed by atoms with Gasteiger partial charge in [-0.1, -0.05) is 63.8 Å². The Labute approximate surface area is 130 Å². The van der Waals surface area contributed by atoms with Crippen LogP contribution in [-0.2, 0) is 9.53 Å². The number of allylic oxidation sites excluding steroid dienone is 3. The summed E-state index contributed by atoms with van der Waals surface area (Å²) < 4.78 is 4.98. The van der Waals surface area contributed by atoms with Gasteiger partial charge in [-0.15, -0.1) is 0 Å². The number of esters is 1. The molecule has 21 heavy (non-hydrogen) atoms. The van der Waals surface area contributed by atoms with E-state index in [0.29, 0.717) is 6.42 Å². The smallest absolute Gasteiger partial charge is 0.305 e. The summed E-state index contributed by atoms with van der Waals surface area (Å²) in [5.74, 6) is -0.226. The minimum Gasteiger partial charge on any atom is -0.463 e. The van der Waals surface area contributed by atoms with Gasteiger partial charge in [0.1, 0.15) is 12.7 Å². The molecule has 0 aliphatic carbocycles. The molecule has 1 N–H and O–H groups in total. The number of unbranched alkanes of at least 4 members (excludes halogenated alkanes) is 5. The number of ether oxygens (including phenoxy) is 1. The quantitative estimate of drug-likeness (QED) is 0.308. The van der Waals surface area contributed by atoms with Crippen LogP contribution < -0.4 is 0 Å². The molecule has 3 heteroatoms. The summed E-state index contributed by atoms with van der Waals surface area (Å²) in [6, 6.07) is 0. The molecule has 0 spiro atoms. The summed E-state index contributed by atoms with van der Waals surface area (Å²) in [6.07, 6.45) is 16.5. The van der Waals surface area contributed by atoms with Crippen LogP contribution >= 0.6 is 0 Å². The molecule has 0 bridgehead atoms. The number of aliphatic hydroxyl groups excluding tert-OH is 1. The predicted octanol–water partition coefficient (Wildman–Crippen LogP) is 4.55. The van der Waals surface area contributed by atoms with Crippen molar-refractivity contribution in [2.24, 2.45) is 0 Å². The van der Waals surface area contributed by atoms with Crippen molar-refractivity contribution in [3.05, 3.63) is 24.3 Å². The van der Waals surface area contributed by atoms with Crippen molar-refractivity contribution in [3.8, 4) is 0 Å². The Hall–Kier alpha value is -1.09. The number of rotatable bonds is 13. The second kappa shape index (κ2) is 15.3. The van der Waals surface area contributed by atoms with E-state index in [9.17, 15) is 9.90 Å². The number of carbonyl (C=O) groups excluding carboxylic acids is 1. The third-order valence-electron chi connectivity index (χ3n) is 3.17. The Kier molecular flexibility index (Phi) is 14.5. The van der Waals surface area contributed by atoms with Gasteiger partial charge in [0.05, 0.1) is 0 Å². The van der Waals surface area contributed by atoms with Crippen molar-refractivity contribution in [2.45, 2.75) is 77.7 Å². The number of carbonyl (C=O) groups is 1. The molecule has 0 aromatic heterocycles. The highest BCUT2D eigenvalue weighted by molar-refractivity contribution is 5.69. The highest BCUT2D eigenvalue weighted by atomic mass is 16.5. The van der Waals surface area contributed by atoms with Crippen molar-refractivity contribution in [2.75, 3.05) is 6.61 Å². The predicted molar refractivity (Wildman–Crippen MR) is 88.1 cm³/mol. The first-order chi connectivity index (χ1) is 10.2. The molecule has 1 atom stereocenters. The van der Waals surface area contributed by atoms with Crippen molar-refractivity contribution >= 4 is 5.97 Å². The average molecular weight is 296 g/mol. The molecule has 122 valence electrons. The SMILES string of the molecule is CCCCCCC=CCC=C[C@H](O)COC(=O)CCCC. The maximum Gasteiger partial charge on any atom is 0.305 e. The Balaban J connectivity index is 3.54. The summed E-state index contributed by atoms with van der Waals surface area (Å²) in [5, 5.41) is 9.64. The van der Waals surface area contributed by atoms with Crippen molar-refractivity contribution in [3.63, 3.8) is 0 Å². The zero-order chi connectivity index (χ0) is 15.8. The van der Waals surface area contributed by atoms with Crippen LogP contribution in [0.4, 0.5) is 0 Å². The number of aliphatic hydroxyl groups is 1. The lowest BCUT2D eigenvalue weighted by molar-refractivity contribution is -0.145. The molecule has 0 aromatic carbocycles. The van der Waals surface area contributed by atoms with E-state index in [-0.39, 0.29) is 12.6 Å². The molecule has 0 rings (SSSR count). The third kappa shape index (κ3) is 15.1. The van der Waals surface area contributed by atoms with Crippen molar-refractivity contribution < 1.29 is 14.6 Å². The van der Waals surface area contributed by atoms with Gasteiger partial charge in [0.15, 0.2) is 0 Å². The molecule has 0 aliphatic rings. The highest BCUT2D eigenvalue weighted by Gasteiger charge is 2.05. The molecule has 0 saturated carbocycles. The molecule has 0 aromatic rings. The molecule has 0 fully saturated rings. The third-order valence-corrected chi connectivity index (χ3v) is 3.17. The topological polar surface area (TPSA) is 46.5 Å². The molecular weight excluding hydrogens is 264 g/mol. The van der Waals surface area contributed by atoms with Gasteiger partial charge in [-0.25, -0.2) is 0 Å². The van der Waals surface area contributed by atoms with Crippen LogP contribution in [0.5, 0.6) is 0 Å². The summed E-state index contributed by atoms with van der Waals surface area (Å²) in [6.45, 7) is 4.30. The van der Waals surface area contributed by atoms with Crippen LogP contribution in [0.1, 0.15) is 71.6 Å². The molecule has 0 unspecified atom stereocenters. The summed E-state index contributed by atoms with van der Waals surface area (Å²) in [4.78, 5) is 11.3. The lowest BCUT2D eigenvalue weighted by atomic mass is 10.1. The first kappa shape index (κ1) is 19.9. The normalized spacial score (nSPS) is 13.1. The first-order valence-corrected chi connectivity index (χ1v) is 8.36. The largest absolute Gasteiger partial charge is 0.463 e. The van der Waals surface area contributed by atoms with E-state index in [4.69, 9.17) is 4.74 Å². The highest BCUT2D eigenvalue weighted by Crippen LogP contribution is 2.03. The van der Waals surface area contributed by atoms with E-state index in [1.165, 1.54) is 25.7 Å². The van der Waals surface area contributed by atoms with Crippen LogP contribution in [0.15, 0.2) is 24.3 Å². The molecule has 0 heterocycles. The fourth-order valence-electron chi connectivity index (χ4n) is 1.84. The lowest BCUT2D eigenvalue weighted by Gasteiger charge is -2.07. The monoisotopic (exact) mass is 296 g/mol. The first-order valence-electron chi connectivity index (χ1n) is 8.36. The molecular formula is C18H32O3. The van der Waals surface area contributed by atoms with Gasteiger partial charge in [-0.3, -0.25) is 4.79 Å². The van der Waals surface area contributed by atoms with Gasteiger partial charge in [0, 0.05) is 6.42 Å². The number of hydrogen-bond donors (Lipinski definition) is 1. The maximum absolute atomic E-state index is 11.3. The van der Waals surface area contributed by atoms with Gasteiger partial charge in [0.25, 0.3) is 0 Å². The van der Waals surface area contributed by atoms with Crippen molar-refractivity contribution in [1.29, 1.82) is 0 Å². The Morgan fingerprint density at radius 1 is 1.05 bits per heavy atom. The van der Waals surface area contributed by atoms with Gasteiger partial charge < -0.3 is 9.84 Å². The van der Waals surface area contributed by atoms with E-state index in [1.54, 1.807) is 6.08 Å². The van der Waals surface area contributed by atoms with Crippen molar-refractivity contribution in [1.82, 2.24) is 0 Å². The van der Waals surface area contributed by atoms with Crippen LogP contribution in [-0.4, -0.2) is 23.8 Å². The van der Waals surface area contributed by atoms with E-state index >= 15 is 0 Å². The summed E-state index contributed by atoms with van der Waals surface area (Å²) in [5.41, 5.74) is 0. The van der Waals surface area contributed by atoms with E-state index in [2.05, 4.69) is 19.1 Å². The van der Waals surface area contributed by atoms with Crippen LogP contribution in [0.2, 0.25) is 0 Å². The van der Waals surface area contributed by atoms with Crippen LogP contribution in [0, 0.1) is 0 Å².